The number of benzene rings is 1. The van der Waals surface area contributed by atoms with E-state index < -0.39 is 0 Å². The molecule has 1 aromatic heterocycles. The number of aromatic nitrogens is 1. The summed E-state index contributed by atoms with van der Waals surface area (Å²) in [6.07, 6.45) is 4.70. The van der Waals surface area contributed by atoms with Gasteiger partial charge in [0, 0.05) is 31.5 Å². The van der Waals surface area contributed by atoms with Gasteiger partial charge >= 0.3 is 0 Å². The van der Waals surface area contributed by atoms with E-state index >= 15 is 0 Å². The first-order valence-electron chi connectivity index (χ1n) is 6.63. The first kappa shape index (κ1) is 13.7. The van der Waals surface area contributed by atoms with E-state index in [4.69, 9.17) is 5.73 Å². The Hall–Kier alpha value is -1.71. The Balaban J connectivity index is 1.80. The molecule has 0 saturated carbocycles. The summed E-state index contributed by atoms with van der Waals surface area (Å²) in [6.45, 7) is 1.87. The second kappa shape index (κ2) is 7.02. The average Bonchev–Trinajstić information content (AvgIpc) is 2.47. The van der Waals surface area contributed by atoms with Crippen LogP contribution in [0.4, 0.5) is 0 Å². The van der Waals surface area contributed by atoms with E-state index in [-0.39, 0.29) is 6.04 Å². The molecule has 100 valence electrons. The molecule has 0 spiro atoms. The van der Waals surface area contributed by atoms with Gasteiger partial charge in [-0.2, -0.15) is 0 Å². The van der Waals surface area contributed by atoms with Crippen molar-refractivity contribution in [3.05, 3.63) is 66.0 Å². The SMILES string of the molecule is CN(CCc1ccncc1)C[C@@H](N)c1ccccc1. The zero-order chi connectivity index (χ0) is 13.5. The summed E-state index contributed by atoms with van der Waals surface area (Å²) < 4.78 is 0. The maximum atomic E-state index is 6.21. The Morgan fingerprint density at radius 1 is 1.11 bits per heavy atom. The van der Waals surface area contributed by atoms with E-state index in [0.29, 0.717) is 0 Å². The molecule has 0 aliphatic rings. The molecule has 0 saturated heterocycles. The number of hydrogen-bond acceptors (Lipinski definition) is 3. The van der Waals surface area contributed by atoms with Crippen molar-refractivity contribution >= 4 is 0 Å². The lowest BCUT2D eigenvalue weighted by Gasteiger charge is -2.21. The van der Waals surface area contributed by atoms with Crippen LogP contribution in [0.1, 0.15) is 17.2 Å². The van der Waals surface area contributed by atoms with Crippen LogP contribution >= 0.6 is 0 Å². The van der Waals surface area contributed by atoms with Crippen molar-refractivity contribution in [2.24, 2.45) is 5.73 Å². The average molecular weight is 255 g/mol. The zero-order valence-electron chi connectivity index (χ0n) is 11.4. The topological polar surface area (TPSA) is 42.2 Å². The molecule has 3 heteroatoms. The molecule has 0 aliphatic carbocycles. The molecule has 2 rings (SSSR count). The van der Waals surface area contributed by atoms with Crippen LogP contribution < -0.4 is 5.73 Å². The van der Waals surface area contributed by atoms with Gasteiger partial charge in [-0.15, -0.1) is 0 Å². The molecular formula is C16H21N3. The lowest BCUT2D eigenvalue weighted by Crippen LogP contribution is -2.30. The Bertz CT molecular complexity index is 470. The van der Waals surface area contributed by atoms with E-state index in [1.807, 2.05) is 30.6 Å². The predicted molar refractivity (Wildman–Crippen MR) is 78.8 cm³/mol. The quantitative estimate of drug-likeness (QED) is 0.861. The van der Waals surface area contributed by atoms with Gasteiger partial charge in [0.2, 0.25) is 0 Å². The number of likely N-dealkylation sites (N-methyl/N-ethyl adjacent to an activating group) is 1. The first-order valence-corrected chi connectivity index (χ1v) is 6.63. The van der Waals surface area contributed by atoms with Crippen molar-refractivity contribution in [2.45, 2.75) is 12.5 Å². The Morgan fingerprint density at radius 2 is 1.79 bits per heavy atom. The second-order valence-corrected chi connectivity index (χ2v) is 4.88. The normalized spacial score (nSPS) is 12.6. The van der Waals surface area contributed by atoms with Crippen molar-refractivity contribution in [1.29, 1.82) is 0 Å². The zero-order valence-corrected chi connectivity index (χ0v) is 11.4. The van der Waals surface area contributed by atoms with Crippen LogP contribution in [-0.2, 0) is 6.42 Å². The minimum Gasteiger partial charge on any atom is -0.323 e. The van der Waals surface area contributed by atoms with E-state index in [0.717, 1.165) is 19.5 Å². The molecule has 3 nitrogen and oxygen atoms in total. The highest BCUT2D eigenvalue weighted by Crippen LogP contribution is 2.10. The molecule has 1 aromatic carbocycles. The van der Waals surface area contributed by atoms with Crippen molar-refractivity contribution < 1.29 is 0 Å². The third kappa shape index (κ3) is 4.47. The fraction of sp³-hybridized carbons (Fsp3) is 0.312. The van der Waals surface area contributed by atoms with E-state index in [1.54, 1.807) is 0 Å². The number of pyridine rings is 1. The van der Waals surface area contributed by atoms with Crippen LogP contribution in [0.3, 0.4) is 0 Å². The molecule has 2 aromatic rings. The molecule has 0 unspecified atom stereocenters. The lowest BCUT2D eigenvalue weighted by molar-refractivity contribution is 0.316. The molecule has 0 aliphatic heterocycles. The third-order valence-corrected chi connectivity index (χ3v) is 3.27. The Morgan fingerprint density at radius 3 is 2.47 bits per heavy atom. The van der Waals surface area contributed by atoms with Gasteiger partial charge < -0.3 is 10.6 Å². The van der Waals surface area contributed by atoms with Gasteiger partial charge in [-0.3, -0.25) is 4.98 Å². The minimum absolute atomic E-state index is 0.0728. The Kier molecular flexibility index (Phi) is 5.07. The second-order valence-electron chi connectivity index (χ2n) is 4.88. The standard InChI is InChI=1S/C16H21N3/c1-19(12-9-14-7-10-18-11-8-14)13-16(17)15-5-3-2-4-6-15/h2-8,10-11,16H,9,12-13,17H2,1H3/t16-/m1/s1. The van der Waals surface area contributed by atoms with Crippen LogP contribution in [0.15, 0.2) is 54.9 Å². The van der Waals surface area contributed by atoms with Crippen LogP contribution in [0, 0.1) is 0 Å². The van der Waals surface area contributed by atoms with Gasteiger partial charge in [0.1, 0.15) is 0 Å². The third-order valence-electron chi connectivity index (χ3n) is 3.27. The molecule has 0 amide bonds. The van der Waals surface area contributed by atoms with Crippen molar-refractivity contribution in [3.8, 4) is 0 Å². The van der Waals surface area contributed by atoms with Gasteiger partial charge in [0.15, 0.2) is 0 Å². The highest BCUT2D eigenvalue weighted by atomic mass is 15.1. The maximum Gasteiger partial charge on any atom is 0.0424 e. The summed E-state index contributed by atoms with van der Waals surface area (Å²) in [4.78, 5) is 6.30. The minimum atomic E-state index is 0.0728. The number of rotatable bonds is 6. The first-order chi connectivity index (χ1) is 9.25. The molecule has 1 atom stereocenters. The maximum absolute atomic E-state index is 6.21. The number of hydrogen-bond donors (Lipinski definition) is 1. The summed E-state index contributed by atoms with van der Waals surface area (Å²) in [6, 6.07) is 14.4. The molecule has 1 heterocycles. The molecule has 19 heavy (non-hydrogen) atoms. The smallest absolute Gasteiger partial charge is 0.0424 e. The monoisotopic (exact) mass is 255 g/mol. The van der Waals surface area contributed by atoms with Crippen molar-refractivity contribution in [3.63, 3.8) is 0 Å². The van der Waals surface area contributed by atoms with Gasteiger partial charge in [-0.25, -0.2) is 0 Å². The van der Waals surface area contributed by atoms with Crippen LogP contribution in [0.5, 0.6) is 0 Å². The van der Waals surface area contributed by atoms with Crippen molar-refractivity contribution in [1.82, 2.24) is 9.88 Å². The fourth-order valence-electron chi connectivity index (χ4n) is 2.10. The predicted octanol–water partition coefficient (Wildman–Crippen LogP) is 2.26. The summed E-state index contributed by atoms with van der Waals surface area (Å²) in [5, 5.41) is 0. The van der Waals surface area contributed by atoms with Gasteiger partial charge in [0.05, 0.1) is 0 Å². The van der Waals surface area contributed by atoms with Gasteiger partial charge in [-0.1, -0.05) is 30.3 Å². The van der Waals surface area contributed by atoms with Crippen molar-refractivity contribution in [2.75, 3.05) is 20.1 Å². The Labute approximate surface area is 115 Å². The fourth-order valence-corrected chi connectivity index (χ4v) is 2.10. The lowest BCUT2D eigenvalue weighted by atomic mass is 10.1. The molecule has 0 bridgehead atoms. The molecule has 0 fully saturated rings. The largest absolute Gasteiger partial charge is 0.323 e. The van der Waals surface area contributed by atoms with Gasteiger partial charge in [-0.05, 0) is 36.7 Å². The summed E-state index contributed by atoms with van der Waals surface area (Å²) >= 11 is 0. The van der Waals surface area contributed by atoms with E-state index in [9.17, 15) is 0 Å². The van der Waals surface area contributed by atoms with Crippen LogP contribution in [-0.4, -0.2) is 30.0 Å². The molecule has 2 N–H and O–H groups in total. The van der Waals surface area contributed by atoms with E-state index in [1.165, 1.54) is 11.1 Å². The van der Waals surface area contributed by atoms with E-state index in [2.05, 4.69) is 41.2 Å². The summed E-state index contributed by atoms with van der Waals surface area (Å²) in [5.41, 5.74) is 8.72. The highest BCUT2D eigenvalue weighted by Gasteiger charge is 2.08. The highest BCUT2D eigenvalue weighted by molar-refractivity contribution is 5.18. The number of nitrogens with two attached hydrogens (primary N) is 1. The molecular weight excluding hydrogens is 234 g/mol. The summed E-state index contributed by atoms with van der Waals surface area (Å²) in [5.74, 6) is 0. The molecule has 0 radical (unpaired) electrons. The van der Waals surface area contributed by atoms with Crippen LogP contribution in [0.25, 0.3) is 0 Å². The summed E-state index contributed by atoms with van der Waals surface area (Å²) in [7, 11) is 2.12. The number of nitrogens with zero attached hydrogens (tertiary/aromatic N) is 2. The van der Waals surface area contributed by atoms with Gasteiger partial charge in [0.25, 0.3) is 0 Å². The van der Waals surface area contributed by atoms with Crippen LogP contribution in [0.2, 0.25) is 0 Å².